The number of fused-ring (bicyclic) bond motifs is 1. The van der Waals surface area contributed by atoms with E-state index in [1.54, 1.807) is 25.3 Å². The molecule has 26 heavy (non-hydrogen) atoms. The normalized spacial score (nSPS) is 12.1. The minimum Gasteiger partial charge on any atom is -0.497 e. The minimum absolute atomic E-state index is 0.101. The molecule has 3 rings (SSSR count). The molecule has 2 aromatic rings. The highest BCUT2D eigenvalue weighted by Gasteiger charge is 2.14. The zero-order valence-electron chi connectivity index (χ0n) is 14.9. The van der Waals surface area contributed by atoms with Crippen molar-refractivity contribution in [2.24, 2.45) is 0 Å². The van der Waals surface area contributed by atoms with Gasteiger partial charge < -0.3 is 24.3 Å². The Kier molecular flexibility index (Phi) is 5.80. The smallest absolute Gasteiger partial charge is 0.238 e. The molecule has 0 fully saturated rings. The number of nitrogens with zero attached hydrogens (tertiary/aromatic N) is 1. The van der Waals surface area contributed by atoms with Crippen LogP contribution in [0.2, 0.25) is 0 Å². The summed E-state index contributed by atoms with van der Waals surface area (Å²) in [5.41, 5.74) is 0.683. The Morgan fingerprint density at radius 1 is 1.12 bits per heavy atom. The lowest BCUT2D eigenvalue weighted by molar-refractivity contribution is -0.117. The summed E-state index contributed by atoms with van der Waals surface area (Å²) in [4.78, 5) is 14.0. The van der Waals surface area contributed by atoms with E-state index in [1.807, 2.05) is 36.2 Å². The lowest BCUT2D eigenvalue weighted by Gasteiger charge is -2.17. The highest BCUT2D eigenvalue weighted by atomic mass is 16.7. The zero-order valence-corrected chi connectivity index (χ0v) is 14.9. The quantitative estimate of drug-likeness (QED) is 0.781. The Balaban J connectivity index is 1.39. The van der Waals surface area contributed by atoms with E-state index in [2.05, 4.69) is 5.32 Å². The van der Waals surface area contributed by atoms with Gasteiger partial charge in [0.1, 0.15) is 18.1 Å². The molecule has 0 bridgehead atoms. The summed E-state index contributed by atoms with van der Waals surface area (Å²) in [6.45, 7) is 1.59. The Hall–Kier alpha value is -2.93. The molecule has 1 aliphatic heterocycles. The van der Waals surface area contributed by atoms with E-state index in [0.717, 1.165) is 11.5 Å². The van der Waals surface area contributed by atoms with Crippen LogP contribution in [0.1, 0.15) is 0 Å². The Labute approximate surface area is 152 Å². The van der Waals surface area contributed by atoms with Crippen molar-refractivity contribution in [1.82, 2.24) is 4.90 Å². The predicted molar refractivity (Wildman–Crippen MR) is 97.2 cm³/mol. The van der Waals surface area contributed by atoms with Crippen molar-refractivity contribution < 1.29 is 23.7 Å². The van der Waals surface area contributed by atoms with Gasteiger partial charge in [-0.25, -0.2) is 0 Å². The summed E-state index contributed by atoms with van der Waals surface area (Å²) < 4.78 is 21.3. The number of hydrogen-bond acceptors (Lipinski definition) is 6. The van der Waals surface area contributed by atoms with Crippen molar-refractivity contribution in [1.29, 1.82) is 0 Å². The molecular weight excluding hydrogens is 336 g/mol. The first-order valence-electron chi connectivity index (χ1n) is 8.29. The fourth-order valence-corrected chi connectivity index (χ4v) is 2.49. The number of likely N-dealkylation sites (N-methyl/N-ethyl adjacent to an activating group) is 1. The number of rotatable bonds is 8. The fraction of sp³-hybridized carbons (Fsp3) is 0.316. The third-order valence-corrected chi connectivity index (χ3v) is 3.87. The summed E-state index contributed by atoms with van der Waals surface area (Å²) in [5, 5.41) is 2.85. The van der Waals surface area contributed by atoms with Gasteiger partial charge in [0.25, 0.3) is 0 Å². The van der Waals surface area contributed by atoms with Crippen LogP contribution in [0.5, 0.6) is 23.0 Å². The van der Waals surface area contributed by atoms with E-state index in [0.29, 0.717) is 30.3 Å². The van der Waals surface area contributed by atoms with E-state index in [1.165, 1.54) is 0 Å². The van der Waals surface area contributed by atoms with Crippen LogP contribution in [0.15, 0.2) is 42.5 Å². The van der Waals surface area contributed by atoms with Crippen LogP contribution in [-0.2, 0) is 4.79 Å². The number of nitrogens with one attached hydrogen (secondary N) is 1. The number of carbonyl (C=O) groups is 1. The average molecular weight is 358 g/mol. The molecule has 1 N–H and O–H groups in total. The van der Waals surface area contributed by atoms with Crippen molar-refractivity contribution in [3.05, 3.63) is 42.5 Å². The van der Waals surface area contributed by atoms with Crippen LogP contribution in [0.25, 0.3) is 0 Å². The third-order valence-electron chi connectivity index (χ3n) is 3.87. The van der Waals surface area contributed by atoms with Crippen molar-refractivity contribution in [2.45, 2.75) is 0 Å². The van der Waals surface area contributed by atoms with Gasteiger partial charge in [0.15, 0.2) is 11.5 Å². The second-order valence-corrected chi connectivity index (χ2v) is 5.88. The molecule has 138 valence electrons. The first kappa shape index (κ1) is 17.9. The van der Waals surface area contributed by atoms with E-state index < -0.39 is 0 Å². The van der Waals surface area contributed by atoms with Gasteiger partial charge in [-0.15, -0.1) is 0 Å². The molecular formula is C19H22N2O5. The predicted octanol–water partition coefficient (Wildman–Crippen LogP) is 2.37. The standard InChI is InChI=1S/C19H22N2O5/c1-21(9-10-24-16-6-4-15(23-2)5-7-16)12-19(22)20-14-3-8-17-18(11-14)26-13-25-17/h3-8,11H,9-10,12-13H2,1-2H3,(H,20,22). The lowest BCUT2D eigenvalue weighted by Crippen LogP contribution is -2.33. The summed E-state index contributed by atoms with van der Waals surface area (Å²) in [6, 6.07) is 12.7. The monoisotopic (exact) mass is 358 g/mol. The number of amides is 1. The van der Waals surface area contributed by atoms with Crippen molar-refractivity contribution >= 4 is 11.6 Å². The van der Waals surface area contributed by atoms with Gasteiger partial charge in [-0.1, -0.05) is 0 Å². The van der Waals surface area contributed by atoms with E-state index in [-0.39, 0.29) is 19.2 Å². The number of benzene rings is 2. The summed E-state index contributed by atoms with van der Waals surface area (Å²) in [6.07, 6.45) is 0. The van der Waals surface area contributed by atoms with Crippen molar-refractivity contribution in [2.75, 3.05) is 46.0 Å². The second-order valence-electron chi connectivity index (χ2n) is 5.88. The molecule has 7 nitrogen and oxygen atoms in total. The van der Waals surface area contributed by atoms with Crippen molar-refractivity contribution in [3.63, 3.8) is 0 Å². The maximum atomic E-state index is 12.1. The molecule has 1 aliphatic rings. The van der Waals surface area contributed by atoms with Gasteiger partial charge >= 0.3 is 0 Å². The van der Waals surface area contributed by atoms with Crippen LogP contribution in [0.3, 0.4) is 0 Å². The van der Waals surface area contributed by atoms with Gasteiger partial charge in [0, 0.05) is 18.3 Å². The van der Waals surface area contributed by atoms with Crippen molar-refractivity contribution in [3.8, 4) is 23.0 Å². The van der Waals surface area contributed by atoms with Crippen LogP contribution in [0, 0.1) is 0 Å². The zero-order chi connectivity index (χ0) is 18.4. The first-order chi connectivity index (χ1) is 12.6. The highest BCUT2D eigenvalue weighted by molar-refractivity contribution is 5.92. The largest absolute Gasteiger partial charge is 0.497 e. The van der Waals surface area contributed by atoms with Crippen LogP contribution in [0.4, 0.5) is 5.69 Å². The fourth-order valence-electron chi connectivity index (χ4n) is 2.49. The van der Waals surface area contributed by atoms with Gasteiger partial charge in [-0.05, 0) is 43.4 Å². The topological polar surface area (TPSA) is 69.3 Å². The van der Waals surface area contributed by atoms with E-state index in [9.17, 15) is 4.79 Å². The summed E-state index contributed by atoms with van der Waals surface area (Å²) in [7, 11) is 3.50. The molecule has 2 aromatic carbocycles. The Morgan fingerprint density at radius 2 is 1.85 bits per heavy atom. The van der Waals surface area contributed by atoms with Gasteiger partial charge in [-0.3, -0.25) is 9.69 Å². The summed E-state index contributed by atoms with van der Waals surface area (Å²) >= 11 is 0. The molecule has 0 saturated heterocycles. The lowest BCUT2D eigenvalue weighted by atomic mass is 10.2. The van der Waals surface area contributed by atoms with Gasteiger partial charge in [0.05, 0.1) is 13.7 Å². The van der Waals surface area contributed by atoms with Crippen LogP contribution in [-0.4, -0.2) is 51.5 Å². The van der Waals surface area contributed by atoms with Crippen LogP contribution < -0.4 is 24.3 Å². The number of anilines is 1. The molecule has 0 saturated carbocycles. The summed E-state index contributed by atoms with van der Waals surface area (Å²) in [5.74, 6) is 2.79. The molecule has 1 heterocycles. The number of ether oxygens (including phenoxy) is 4. The second kappa shape index (κ2) is 8.44. The molecule has 0 spiro atoms. The molecule has 0 unspecified atom stereocenters. The molecule has 0 atom stereocenters. The first-order valence-corrected chi connectivity index (χ1v) is 8.29. The third kappa shape index (κ3) is 4.80. The van der Waals surface area contributed by atoms with Crippen LogP contribution >= 0.6 is 0 Å². The average Bonchev–Trinajstić information content (AvgIpc) is 3.10. The molecule has 7 heteroatoms. The SMILES string of the molecule is COc1ccc(OCCN(C)CC(=O)Nc2ccc3c(c2)OCO3)cc1. The maximum Gasteiger partial charge on any atom is 0.238 e. The van der Waals surface area contributed by atoms with Gasteiger partial charge in [0.2, 0.25) is 12.7 Å². The number of carbonyl (C=O) groups excluding carboxylic acids is 1. The van der Waals surface area contributed by atoms with Gasteiger partial charge in [-0.2, -0.15) is 0 Å². The van der Waals surface area contributed by atoms with E-state index in [4.69, 9.17) is 18.9 Å². The Morgan fingerprint density at radius 3 is 2.62 bits per heavy atom. The number of hydrogen-bond donors (Lipinski definition) is 1. The maximum absolute atomic E-state index is 12.1. The minimum atomic E-state index is -0.101. The number of methoxy groups -OCH3 is 1. The van der Waals surface area contributed by atoms with E-state index >= 15 is 0 Å². The highest BCUT2D eigenvalue weighted by Crippen LogP contribution is 2.34. The Bertz CT molecular complexity index is 748. The molecule has 0 aliphatic carbocycles. The molecule has 0 radical (unpaired) electrons. The molecule has 1 amide bonds. The molecule has 0 aromatic heterocycles.